The standard InChI is InChI=1S/C25H33N3O4S/c1-19-10-6-9-17-28(19)33(30,31)23-18-20(14-15-22(23)32-2)25(29)27-16-8-7-13-24(27)26-21-11-4-3-5-12-21/h7-8,13-16,18-19,21H,3-6,9-12,17H2,1-2H3. The molecular formula is C25H33N3O4S. The van der Waals surface area contributed by atoms with Crippen LogP contribution in [0.5, 0.6) is 5.75 Å². The molecule has 1 aromatic carbocycles. The third-order valence-electron chi connectivity index (χ3n) is 6.69. The van der Waals surface area contributed by atoms with Crippen molar-refractivity contribution in [2.45, 2.75) is 75.3 Å². The van der Waals surface area contributed by atoms with E-state index >= 15 is 0 Å². The molecule has 0 N–H and O–H groups in total. The zero-order chi connectivity index (χ0) is 23.4. The van der Waals surface area contributed by atoms with Gasteiger partial charge in [-0.1, -0.05) is 31.7 Å². The lowest BCUT2D eigenvalue weighted by Gasteiger charge is -2.32. The van der Waals surface area contributed by atoms with Crippen LogP contribution in [0, 0.1) is 0 Å². The largest absolute Gasteiger partial charge is 0.495 e. The zero-order valence-corrected chi connectivity index (χ0v) is 20.3. The Labute approximate surface area is 196 Å². The van der Waals surface area contributed by atoms with Crippen LogP contribution in [0.2, 0.25) is 0 Å². The molecule has 178 valence electrons. The Morgan fingerprint density at radius 1 is 1.03 bits per heavy atom. The number of carbonyl (C=O) groups is 1. The number of ether oxygens (including phenoxy) is 1. The molecule has 2 aromatic rings. The zero-order valence-electron chi connectivity index (χ0n) is 19.4. The molecule has 1 aliphatic heterocycles. The normalized spacial score (nSPS) is 21.2. The van der Waals surface area contributed by atoms with Crippen LogP contribution in [-0.2, 0) is 10.0 Å². The fourth-order valence-electron chi connectivity index (χ4n) is 4.81. The highest BCUT2D eigenvalue weighted by Crippen LogP contribution is 2.32. The monoisotopic (exact) mass is 471 g/mol. The lowest BCUT2D eigenvalue weighted by molar-refractivity contribution is 0.0954. The van der Waals surface area contributed by atoms with Gasteiger partial charge in [0.25, 0.3) is 5.91 Å². The van der Waals surface area contributed by atoms with E-state index in [0.29, 0.717) is 12.0 Å². The van der Waals surface area contributed by atoms with E-state index in [2.05, 4.69) is 0 Å². The highest BCUT2D eigenvalue weighted by molar-refractivity contribution is 7.89. The van der Waals surface area contributed by atoms with E-state index in [0.717, 1.165) is 44.9 Å². The molecule has 1 aromatic heterocycles. The summed E-state index contributed by atoms with van der Waals surface area (Å²) in [5.41, 5.74) is 0.884. The fraction of sp³-hybridized carbons (Fsp3) is 0.520. The summed E-state index contributed by atoms with van der Waals surface area (Å²) >= 11 is 0. The Hall–Kier alpha value is -2.45. The van der Waals surface area contributed by atoms with Gasteiger partial charge in [0.15, 0.2) is 0 Å². The first-order chi connectivity index (χ1) is 15.9. The Kier molecular flexibility index (Phi) is 7.34. The smallest absolute Gasteiger partial charge is 0.263 e. The number of hydrogen-bond acceptors (Lipinski definition) is 5. The first kappa shape index (κ1) is 23.7. The molecule has 8 heteroatoms. The van der Waals surface area contributed by atoms with Gasteiger partial charge in [0, 0.05) is 24.3 Å². The maximum atomic E-state index is 13.5. The Morgan fingerprint density at radius 2 is 1.79 bits per heavy atom. The van der Waals surface area contributed by atoms with Crippen molar-refractivity contribution >= 4 is 15.9 Å². The Bertz CT molecular complexity index is 1170. The molecule has 0 spiro atoms. The lowest BCUT2D eigenvalue weighted by Crippen LogP contribution is -2.42. The van der Waals surface area contributed by atoms with E-state index in [-0.39, 0.29) is 34.2 Å². The van der Waals surface area contributed by atoms with E-state index in [1.54, 1.807) is 24.4 Å². The van der Waals surface area contributed by atoms with Crippen molar-refractivity contribution in [3.05, 3.63) is 53.6 Å². The second kappa shape index (κ2) is 10.2. The number of methoxy groups -OCH3 is 1. The molecule has 0 bridgehead atoms. The van der Waals surface area contributed by atoms with Gasteiger partial charge in [0.05, 0.1) is 13.2 Å². The van der Waals surface area contributed by atoms with Crippen LogP contribution >= 0.6 is 0 Å². The molecule has 1 unspecified atom stereocenters. The third-order valence-corrected chi connectivity index (χ3v) is 8.72. The number of benzene rings is 1. The molecule has 0 radical (unpaired) electrons. The van der Waals surface area contributed by atoms with Crippen LogP contribution < -0.4 is 10.2 Å². The minimum absolute atomic E-state index is 0.0342. The summed E-state index contributed by atoms with van der Waals surface area (Å²) in [6, 6.07) is 10.2. The third kappa shape index (κ3) is 5.06. The molecule has 1 saturated heterocycles. The fourth-order valence-corrected chi connectivity index (χ4v) is 6.70. The maximum absolute atomic E-state index is 13.5. The van der Waals surface area contributed by atoms with Crippen LogP contribution in [0.25, 0.3) is 0 Å². The summed E-state index contributed by atoms with van der Waals surface area (Å²) in [6.45, 7) is 2.40. The highest BCUT2D eigenvalue weighted by atomic mass is 32.2. The molecule has 1 saturated carbocycles. The van der Waals surface area contributed by atoms with Crippen molar-refractivity contribution in [3.63, 3.8) is 0 Å². The summed E-state index contributed by atoms with van der Waals surface area (Å²) in [5, 5.41) is 0. The van der Waals surface area contributed by atoms with Gasteiger partial charge < -0.3 is 4.74 Å². The van der Waals surface area contributed by atoms with E-state index in [9.17, 15) is 13.2 Å². The van der Waals surface area contributed by atoms with E-state index in [4.69, 9.17) is 9.73 Å². The Balaban J connectivity index is 1.73. The number of hydrogen-bond donors (Lipinski definition) is 0. The molecule has 2 fully saturated rings. The van der Waals surface area contributed by atoms with Gasteiger partial charge in [0.1, 0.15) is 16.1 Å². The lowest BCUT2D eigenvalue weighted by atomic mass is 9.96. The molecule has 2 heterocycles. The van der Waals surface area contributed by atoms with Gasteiger partial charge in [-0.25, -0.2) is 8.42 Å². The van der Waals surface area contributed by atoms with Gasteiger partial charge in [-0.3, -0.25) is 14.4 Å². The second-order valence-corrected chi connectivity index (χ2v) is 10.8. The van der Waals surface area contributed by atoms with Crippen molar-refractivity contribution in [1.29, 1.82) is 0 Å². The predicted molar refractivity (Wildman–Crippen MR) is 127 cm³/mol. The number of nitrogens with zero attached hydrogens (tertiary/aromatic N) is 3. The second-order valence-electron chi connectivity index (χ2n) is 8.98. The average molecular weight is 472 g/mol. The summed E-state index contributed by atoms with van der Waals surface area (Å²) in [4.78, 5) is 18.4. The number of rotatable bonds is 5. The van der Waals surface area contributed by atoms with E-state index < -0.39 is 10.0 Å². The van der Waals surface area contributed by atoms with Crippen LogP contribution in [0.1, 0.15) is 68.6 Å². The number of carbonyl (C=O) groups excluding carboxylic acids is 1. The number of piperidine rings is 1. The van der Waals surface area contributed by atoms with Gasteiger partial charge in [-0.2, -0.15) is 4.31 Å². The first-order valence-electron chi connectivity index (χ1n) is 11.9. The molecular weight excluding hydrogens is 438 g/mol. The molecule has 0 amide bonds. The summed E-state index contributed by atoms with van der Waals surface area (Å²) in [6.07, 6.45) is 9.97. The minimum atomic E-state index is -3.80. The van der Waals surface area contributed by atoms with E-state index in [1.165, 1.54) is 28.5 Å². The van der Waals surface area contributed by atoms with Gasteiger partial charge in [-0.05, 0) is 62.9 Å². The minimum Gasteiger partial charge on any atom is -0.495 e. The van der Waals surface area contributed by atoms with Crippen molar-refractivity contribution in [2.24, 2.45) is 4.99 Å². The topological polar surface area (TPSA) is 81.0 Å². The Morgan fingerprint density at radius 3 is 2.52 bits per heavy atom. The molecule has 1 aliphatic carbocycles. The SMILES string of the molecule is COc1ccc(C(=O)n2ccccc2=NC2CCCCC2)cc1S(=O)(=O)N1CCCCC1C. The summed E-state index contributed by atoms with van der Waals surface area (Å²) in [7, 11) is -2.35. The molecule has 1 atom stereocenters. The van der Waals surface area contributed by atoms with Crippen molar-refractivity contribution in [3.8, 4) is 5.75 Å². The molecule has 33 heavy (non-hydrogen) atoms. The molecule has 4 rings (SSSR count). The summed E-state index contributed by atoms with van der Waals surface area (Å²) in [5.74, 6) is -0.0644. The highest BCUT2D eigenvalue weighted by Gasteiger charge is 2.33. The van der Waals surface area contributed by atoms with Crippen LogP contribution in [0.4, 0.5) is 0 Å². The van der Waals surface area contributed by atoms with Crippen LogP contribution in [-0.4, -0.2) is 48.9 Å². The van der Waals surface area contributed by atoms with Crippen molar-refractivity contribution < 1.29 is 17.9 Å². The number of sulfonamides is 1. The van der Waals surface area contributed by atoms with Gasteiger partial charge >= 0.3 is 0 Å². The van der Waals surface area contributed by atoms with E-state index in [1.807, 2.05) is 19.1 Å². The van der Waals surface area contributed by atoms with Gasteiger partial charge in [0.2, 0.25) is 10.0 Å². The predicted octanol–water partition coefficient (Wildman–Crippen LogP) is 3.98. The molecule has 7 nitrogen and oxygen atoms in total. The van der Waals surface area contributed by atoms with Crippen LogP contribution in [0.3, 0.4) is 0 Å². The number of pyridine rings is 1. The quantitative estimate of drug-likeness (QED) is 0.661. The van der Waals surface area contributed by atoms with Crippen molar-refractivity contribution in [2.75, 3.05) is 13.7 Å². The first-order valence-corrected chi connectivity index (χ1v) is 13.3. The maximum Gasteiger partial charge on any atom is 0.263 e. The van der Waals surface area contributed by atoms with Crippen molar-refractivity contribution in [1.82, 2.24) is 8.87 Å². The average Bonchev–Trinajstić information content (AvgIpc) is 2.84. The van der Waals surface area contributed by atoms with Gasteiger partial charge in [-0.15, -0.1) is 0 Å². The number of aromatic nitrogens is 1. The molecule has 2 aliphatic rings. The van der Waals surface area contributed by atoms with Crippen LogP contribution in [0.15, 0.2) is 52.5 Å². The summed E-state index contributed by atoms with van der Waals surface area (Å²) < 4.78 is 35.5.